The lowest BCUT2D eigenvalue weighted by Gasteiger charge is -2.07. The van der Waals surface area contributed by atoms with E-state index in [1.807, 2.05) is 0 Å². The highest BCUT2D eigenvalue weighted by Gasteiger charge is 2.13. The van der Waals surface area contributed by atoms with Gasteiger partial charge in [-0.3, -0.25) is 0 Å². The second kappa shape index (κ2) is 9.03. The van der Waals surface area contributed by atoms with Crippen molar-refractivity contribution in [3.05, 3.63) is 117 Å². The van der Waals surface area contributed by atoms with Crippen molar-refractivity contribution in [1.29, 1.82) is 0 Å². The summed E-state index contributed by atoms with van der Waals surface area (Å²) < 4.78 is 83.1. The topological polar surface area (TPSA) is 0 Å². The molecule has 0 saturated heterocycles. The Kier molecular flexibility index (Phi) is 6.15. The third-order valence-electron chi connectivity index (χ3n) is 5.30. The summed E-state index contributed by atoms with van der Waals surface area (Å²) in [6, 6.07) is 11.8. The Bertz CT molecular complexity index is 1420. The van der Waals surface area contributed by atoms with Gasteiger partial charge in [-0.25, -0.2) is 26.3 Å². The van der Waals surface area contributed by atoms with Crippen molar-refractivity contribution in [2.24, 2.45) is 0 Å². The van der Waals surface area contributed by atoms with E-state index in [4.69, 9.17) is 0 Å². The molecule has 166 valence electrons. The molecule has 0 unspecified atom stereocenters. The number of hydrogen-bond donors (Lipinski definition) is 0. The van der Waals surface area contributed by atoms with Gasteiger partial charge in [0.1, 0.15) is 17.5 Å². The van der Waals surface area contributed by atoms with Crippen molar-refractivity contribution in [3.63, 3.8) is 0 Å². The number of aryl methyl sites for hydroxylation is 2. The molecule has 0 aliphatic rings. The summed E-state index contributed by atoms with van der Waals surface area (Å²) in [6.07, 6.45) is 0.313. The summed E-state index contributed by atoms with van der Waals surface area (Å²) in [5.41, 5.74) is 1.44. The fourth-order valence-corrected chi connectivity index (χ4v) is 3.58. The predicted octanol–water partition coefficient (Wildman–Crippen LogP) is 7.17. The van der Waals surface area contributed by atoms with Crippen molar-refractivity contribution in [1.82, 2.24) is 0 Å². The summed E-state index contributed by atoms with van der Waals surface area (Å²) in [5, 5.41) is 0.0426. The van der Waals surface area contributed by atoms with Crippen LogP contribution in [-0.2, 0) is 12.8 Å². The molecule has 0 amide bonds. The first-order chi connectivity index (χ1) is 15.7. The monoisotopic (exact) mass is 454 g/mol. The van der Waals surface area contributed by atoms with E-state index < -0.39 is 34.9 Å². The Balaban J connectivity index is 1.54. The highest BCUT2D eigenvalue weighted by atomic mass is 19.2. The molecule has 0 radical (unpaired) electrons. The van der Waals surface area contributed by atoms with E-state index in [1.165, 1.54) is 42.5 Å². The van der Waals surface area contributed by atoms with Gasteiger partial charge in [0.05, 0.1) is 5.56 Å². The first kappa shape index (κ1) is 22.5. The van der Waals surface area contributed by atoms with E-state index in [0.29, 0.717) is 16.7 Å². The van der Waals surface area contributed by atoms with E-state index in [0.717, 1.165) is 6.07 Å². The molecule has 0 aromatic heterocycles. The Morgan fingerprint density at radius 1 is 0.636 bits per heavy atom. The maximum absolute atomic E-state index is 14.5. The summed E-state index contributed by atoms with van der Waals surface area (Å²) >= 11 is 0. The van der Waals surface area contributed by atoms with Crippen LogP contribution in [0.1, 0.15) is 27.8 Å². The summed E-state index contributed by atoms with van der Waals surface area (Å²) in [6.45, 7) is 1.60. The Morgan fingerprint density at radius 3 is 2.06 bits per heavy atom. The zero-order valence-electron chi connectivity index (χ0n) is 17.4. The lowest BCUT2D eigenvalue weighted by molar-refractivity contribution is 0.453. The van der Waals surface area contributed by atoms with Crippen LogP contribution in [0.5, 0.6) is 0 Å². The molecule has 0 fully saturated rings. The van der Waals surface area contributed by atoms with Crippen molar-refractivity contribution in [2.75, 3.05) is 0 Å². The standard InChI is InChI=1S/C27H16F6/c1-15-10-23(29)21(24(30)11-15)9-5-17-3-7-18(22(28)13-17)6-2-16-4-8-20-19(12-16)14-25(31)27(33)26(20)32/h3-4,7-8,10-14H,5,9H2,1H3. The Hall–Kier alpha value is -3.72. The normalized spacial score (nSPS) is 10.9. The maximum atomic E-state index is 14.5. The van der Waals surface area contributed by atoms with Gasteiger partial charge in [-0.05, 0) is 78.7 Å². The summed E-state index contributed by atoms with van der Waals surface area (Å²) in [4.78, 5) is 0. The van der Waals surface area contributed by atoms with Crippen molar-refractivity contribution in [2.45, 2.75) is 19.8 Å². The van der Waals surface area contributed by atoms with Crippen LogP contribution in [0.15, 0.2) is 54.6 Å². The molecule has 0 heterocycles. The first-order valence-electron chi connectivity index (χ1n) is 10.0. The molecule has 0 atom stereocenters. The average molecular weight is 454 g/mol. The number of hydrogen-bond acceptors (Lipinski definition) is 0. The lowest BCUT2D eigenvalue weighted by atomic mass is 10.0. The molecule has 0 N–H and O–H groups in total. The quantitative estimate of drug-likeness (QED) is 0.175. The van der Waals surface area contributed by atoms with Crippen LogP contribution in [0.2, 0.25) is 0 Å². The Morgan fingerprint density at radius 2 is 1.36 bits per heavy atom. The van der Waals surface area contributed by atoms with Crippen LogP contribution in [0, 0.1) is 53.7 Å². The van der Waals surface area contributed by atoms with Gasteiger partial charge in [-0.2, -0.15) is 0 Å². The van der Waals surface area contributed by atoms with Crippen LogP contribution >= 0.6 is 0 Å². The average Bonchev–Trinajstić information content (AvgIpc) is 2.76. The number of benzene rings is 4. The molecule has 0 aliphatic heterocycles. The summed E-state index contributed by atoms with van der Waals surface area (Å²) in [5.74, 6) is -0.633. The zero-order valence-corrected chi connectivity index (χ0v) is 17.4. The van der Waals surface area contributed by atoms with Gasteiger partial charge in [-0.15, -0.1) is 0 Å². The second-order valence-electron chi connectivity index (χ2n) is 7.69. The highest BCUT2D eigenvalue weighted by molar-refractivity contribution is 5.84. The van der Waals surface area contributed by atoms with Crippen LogP contribution in [0.3, 0.4) is 0 Å². The van der Waals surface area contributed by atoms with Crippen molar-refractivity contribution < 1.29 is 26.3 Å². The lowest BCUT2D eigenvalue weighted by Crippen LogP contribution is -2.00. The largest absolute Gasteiger partial charge is 0.207 e. The SMILES string of the molecule is Cc1cc(F)c(CCc2ccc(C#Cc3ccc4c(F)c(F)c(F)cc4c3)c(F)c2)c(F)c1. The number of halogens is 6. The maximum Gasteiger partial charge on any atom is 0.195 e. The van der Waals surface area contributed by atoms with Gasteiger partial charge < -0.3 is 0 Å². The molecule has 0 spiro atoms. The van der Waals surface area contributed by atoms with Crippen LogP contribution < -0.4 is 0 Å². The molecule has 0 aliphatic carbocycles. The third-order valence-corrected chi connectivity index (χ3v) is 5.30. The van der Waals surface area contributed by atoms with E-state index >= 15 is 0 Å². The fourth-order valence-electron chi connectivity index (χ4n) is 3.58. The molecule has 6 heteroatoms. The third kappa shape index (κ3) is 4.73. The van der Waals surface area contributed by atoms with Gasteiger partial charge in [0.25, 0.3) is 0 Å². The molecule has 0 nitrogen and oxygen atoms in total. The van der Waals surface area contributed by atoms with Crippen LogP contribution in [0.4, 0.5) is 26.3 Å². The summed E-state index contributed by atoms with van der Waals surface area (Å²) in [7, 11) is 0. The van der Waals surface area contributed by atoms with E-state index in [2.05, 4.69) is 11.8 Å². The molecule has 33 heavy (non-hydrogen) atoms. The zero-order chi connectivity index (χ0) is 23.7. The van der Waals surface area contributed by atoms with Crippen molar-refractivity contribution >= 4 is 10.8 Å². The van der Waals surface area contributed by atoms with Gasteiger partial charge in [0.2, 0.25) is 0 Å². The number of rotatable bonds is 3. The molecule has 0 saturated carbocycles. The number of fused-ring (bicyclic) bond motifs is 1. The van der Waals surface area contributed by atoms with Gasteiger partial charge in [0, 0.05) is 16.5 Å². The van der Waals surface area contributed by atoms with E-state index in [9.17, 15) is 26.3 Å². The molecule has 4 aromatic carbocycles. The second-order valence-corrected chi connectivity index (χ2v) is 7.69. The Labute approximate surface area is 186 Å². The fraction of sp³-hybridized carbons (Fsp3) is 0.111. The van der Waals surface area contributed by atoms with Gasteiger partial charge >= 0.3 is 0 Å². The first-order valence-corrected chi connectivity index (χ1v) is 10.0. The van der Waals surface area contributed by atoms with Crippen LogP contribution in [0.25, 0.3) is 10.8 Å². The van der Waals surface area contributed by atoms with E-state index in [1.54, 1.807) is 13.0 Å². The van der Waals surface area contributed by atoms with Gasteiger partial charge in [-0.1, -0.05) is 24.0 Å². The van der Waals surface area contributed by atoms with Crippen LogP contribution in [-0.4, -0.2) is 0 Å². The molecule has 4 aromatic rings. The van der Waals surface area contributed by atoms with Gasteiger partial charge in [0.15, 0.2) is 17.5 Å². The van der Waals surface area contributed by atoms with Crippen molar-refractivity contribution in [3.8, 4) is 11.8 Å². The highest BCUT2D eigenvalue weighted by Crippen LogP contribution is 2.24. The predicted molar refractivity (Wildman–Crippen MR) is 115 cm³/mol. The minimum Gasteiger partial charge on any atom is -0.207 e. The molecule has 4 rings (SSSR count). The molecular weight excluding hydrogens is 438 g/mol. The minimum absolute atomic E-state index is 0.0473. The molecular formula is C27H16F6. The van der Waals surface area contributed by atoms with E-state index in [-0.39, 0.29) is 34.7 Å². The smallest absolute Gasteiger partial charge is 0.195 e. The molecule has 0 bridgehead atoms. The minimum atomic E-state index is -1.55.